The third-order valence-electron chi connectivity index (χ3n) is 2.42. The molecule has 0 fully saturated rings. The van der Waals surface area contributed by atoms with Crippen LogP contribution in [-0.4, -0.2) is 13.2 Å². The Morgan fingerprint density at radius 3 is 2.29 bits per heavy atom. The van der Waals surface area contributed by atoms with Crippen LogP contribution in [0.2, 0.25) is 0 Å². The van der Waals surface area contributed by atoms with Crippen molar-refractivity contribution in [2.75, 3.05) is 13.2 Å². The number of hydrogen-bond donors (Lipinski definition) is 0. The Morgan fingerprint density at radius 1 is 1.00 bits per heavy atom. The number of halogens is 1. The Hall–Kier alpha value is -0.700. The molecule has 1 aromatic rings. The van der Waals surface area contributed by atoms with Crippen LogP contribution in [0, 0.1) is 0 Å². The van der Waals surface area contributed by atoms with Crippen molar-refractivity contribution in [1.82, 2.24) is 0 Å². The van der Waals surface area contributed by atoms with Crippen LogP contribution in [0.3, 0.4) is 0 Å². The number of rotatable bonds is 8. The molecule has 1 rings (SSSR count). The van der Waals surface area contributed by atoms with Crippen LogP contribution < -0.4 is 9.47 Å². The Morgan fingerprint density at radius 2 is 1.65 bits per heavy atom. The summed E-state index contributed by atoms with van der Waals surface area (Å²) in [5, 5.41) is 0. The summed E-state index contributed by atoms with van der Waals surface area (Å²) in [6.07, 6.45) is 4.45. The second-order valence-electron chi connectivity index (χ2n) is 4.00. The highest BCUT2D eigenvalue weighted by Gasteiger charge is 2.03. The highest BCUT2D eigenvalue weighted by Crippen LogP contribution is 2.29. The number of ether oxygens (including phenoxy) is 2. The molecule has 3 heteroatoms. The SMILES string of the molecule is CCCCOc1ccc(Br)c(OCCCC)c1. The first kappa shape index (κ1) is 14.4. The maximum Gasteiger partial charge on any atom is 0.137 e. The molecule has 0 N–H and O–H groups in total. The third kappa shape index (κ3) is 5.44. The first-order valence-corrected chi connectivity index (χ1v) is 7.12. The molecule has 0 bridgehead atoms. The van der Waals surface area contributed by atoms with Crippen LogP contribution >= 0.6 is 15.9 Å². The fourth-order valence-corrected chi connectivity index (χ4v) is 1.71. The van der Waals surface area contributed by atoms with E-state index < -0.39 is 0 Å². The average molecular weight is 301 g/mol. The molecular weight excluding hydrogens is 280 g/mol. The molecule has 0 aromatic heterocycles. The molecule has 0 heterocycles. The summed E-state index contributed by atoms with van der Waals surface area (Å²) in [5.74, 6) is 1.75. The summed E-state index contributed by atoms with van der Waals surface area (Å²) in [7, 11) is 0. The van der Waals surface area contributed by atoms with Gasteiger partial charge in [-0.15, -0.1) is 0 Å². The summed E-state index contributed by atoms with van der Waals surface area (Å²) in [6.45, 7) is 5.84. The maximum atomic E-state index is 5.70. The molecule has 0 aliphatic rings. The van der Waals surface area contributed by atoms with Gasteiger partial charge in [0.2, 0.25) is 0 Å². The summed E-state index contributed by atoms with van der Waals surface area (Å²) in [6, 6.07) is 5.89. The van der Waals surface area contributed by atoms with Gasteiger partial charge in [0.1, 0.15) is 11.5 Å². The molecule has 0 atom stereocenters. The standard InChI is InChI=1S/C14H21BrO2/c1-3-5-9-16-12-7-8-13(15)14(11-12)17-10-6-4-2/h7-8,11H,3-6,9-10H2,1-2H3. The Labute approximate surface area is 112 Å². The van der Waals surface area contributed by atoms with Gasteiger partial charge in [-0.05, 0) is 40.9 Å². The van der Waals surface area contributed by atoms with Crippen LogP contribution in [0.1, 0.15) is 39.5 Å². The van der Waals surface area contributed by atoms with Gasteiger partial charge in [-0.2, -0.15) is 0 Å². The van der Waals surface area contributed by atoms with Gasteiger partial charge in [0.05, 0.1) is 17.7 Å². The van der Waals surface area contributed by atoms with Crippen LogP contribution in [0.15, 0.2) is 22.7 Å². The van der Waals surface area contributed by atoms with Gasteiger partial charge in [0, 0.05) is 6.07 Å². The van der Waals surface area contributed by atoms with Crippen molar-refractivity contribution < 1.29 is 9.47 Å². The van der Waals surface area contributed by atoms with E-state index in [0.29, 0.717) is 0 Å². The topological polar surface area (TPSA) is 18.5 Å². The Kier molecular flexibility index (Phi) is 7.10. The normalized spacial score (nSPS) is 10.3. The molecule has 0 aliphatic carbocycles. The molecule has 0 spiro atoms. The fraction of sp³-hybridized carbons (Fsp3) is 0.571. The van der Waals surface area contributed by atoms with Crippen molar-refractivity contribution in [2.24, 2.45) is 0 Å². The first-order chi connectivity index (χ1) is 8.27. The van der Waals surface area contributed by atoms with Gasteiger partial charge in [0.15, 0.2) is 0 Å². The fourth-order valence-electron chi connectivity index (χ4n) is 1.34. The summed E-state index contributed by atoms with van der Waals surface area (Å²) < 4.78 is 12.3. The zero-order valence-electron chi connectivity index (χ0n) is 10.7. The minimum Gasteiger partial charge on any atom is -0.493 e. The molecule has 0 saturated heterocycles. The average Bonchev–Trinajstić information content (AvgIpc) is 2.33. The molecule has 0 unspecified atom stereocenters. The number of hydrogen-bond acceptors (Lipinski definition) is 2. The van der Waals surface area contributed by atoms with Crippen molar-refractivity contribution in [3.8, 4) is 11.5 Å². The van der Waals surface area contributed by atoms with Crippen molar-refractivity contribution in [2.45, 2.75) is 39.5 Å². The second-order valence-corrected chi connectivity index (χ2v) is 4.85. The maximum absolute atomic E-state index is 5.70. The van der Waals surface area contributed by atoms with Crippen molar-refractivity contribution in [3.63, 3.8) is 0 Å². The van der Waals surface area contributed by atoms with Crippen LogP contribution in [0.25, 0.3) is 0 Å². The minimum atomic E-state index is 0.757. The minimum absolute atomic E-state index is 0.757. The highest BCUT2D eigenvalue weighted by atomic mass is 79.9. The monoisotopic (exact) mass is 300 g/mol. The molecule has 1 aromatic carbocycles. The van der Waals surface area contributed by atoms with Gasteiger partial charge in [-0.1, -0.05) is 26.7 Å². The smallest absolute Gasteiger partial charge is 0.137 e. The van der Waals surface area contributed by atoms with Gasteiger partial charge >= 0.3 is 0 Å². The summed E-state index contributed by atoms with van der Waals surface area (Å²) in [4.78, 5) is 0. The number of benzene rings is 1. The lowest BCUT2D eigenvalue weighted by Gasteiger charge is -2.10. The van der Waals surface area contributed by atoms with Crippen LogP contribution in [0.5, 0.6) is 11.5 Å². The van der Waals surface area contributed by atoms with E-state index in [1.807, 2.05) is 18.2 Å². The number of unbranched alkanes of at least 4 members (excludes halogenated alkanes) is 2. The lowest BCUT2D eigenvalue weighted by molar-refractivity contribution is 0.293. The first-order valence-electron chi connectivity index (χ1n) is 6.33. The molecule has 2 nitrogen and oxygen atoms in total. The second kappa shape index (κ2) is 8.40. The molecular formula is C14H21BrO2. The lowest BCUT2D eigenvalue weighted by Crippen LogP contribution is -1.99. The highest BCUT2D eigenvalue weighted by molar-refractivity contribution is 9.10. The van der Waals surface area contributed by atoms with E-state index in [-0.39, 0.29) is 0 Å². The summed E-state index contributed by atoms with van der Waals surface area (Å²) in [5.41, 5.74) is 0. The quantitative estimate of drug-likeness (QED) is 0.642. The Bertz CT molecular complexity index is 326. The van der Waals surface area contributed by atoms with E-state index in [0.717, 1.165) is 54.9 Å². The van der Waals surface area contributed by atoms with E-state index >= 15 is 0 Å². The zero-order chi connectivity index (χ0) is 12.5. The van der Waals surface area contributed by atoms with Crippen LogP contribution in [-0.2, 0) is 0 Å². The summed E-state index contributed by atoms with van der Waals surface area (Å²) >= 11 is 3.48. The zero-order valence-corrected chi connectivity index (χ0v) is 12.3. The van der Waals surface area contributed by atoms with Crippen molar-refractivity contribution >= 4 is 15.9 Å². The molecule has 17 heavy (non-hydrogen) atoms. The van der Waals surface area contributed by atoms with E-state index in [1.54, 1.807) is 0 Å². The molecule has 0 saturated carbocycles. The lowest BCUT2D eigenvalue weighted by atomic mass is 10.3. The van der Waals surface area contributed by atoms with Crippen molar-refractivity contribution in [1.29, 1.82) is 0 Å². The predicted octanol–water partition coefficient (Wildman–Crippen LogP) is 4.81. The van der Waals surface area contributed by atoms with Gasteiger partial charge in [-0.25, -0.2) is 0 Å². The van der Waals surface area contributed by atoms with Gasteiger partial charge in [-0.3, -0.25) is 0 Å². The van der Waals surface area contributed by atoms with E-state index in [1.165, 1.54) is 0 Å². The molecule has 0 amide bonds. The van der Waals surface area contributed by atoms with Crippen molar-refractivity contribution in [3.05, 3.63) is 22.7 Å². The molecule has 96 valence electrons. The Balaban J connectivity index is 2.53. The molecule has 0 aliphatic heterocycles. The van der Waals surface area contributed by atoms with E-state index in [4.69, 9.17) is 9.47 Å². The van der Waals surface area contributed by atoms with E-state index in [9.17, 15) is 0 Å². The third-order valence-corrected chi connectivity index (χ3v) is 3.08. The predicted molar refractivity (Wildman–Crippen MR) is 74.9 cm³/mol. The van der Waals surface area contributed by atoms with E-state index in [2.05, 4.69) is 29.8 Å². The van der Waals surface area contributed by atoms with Crippen LogP contribution in [0.4, 0.5) is 0 Å². The molecule has 0 radical (unpaired) electrons. The largest absolute Gasteiger partial charge is 0.493 e. The van der Waals surface area contributed by atoms with Gasteiger partial charge < -0.3 is 9.47 Å². The van der Waals surface area contributed by atoms with Gasteiger partial charge in [0.25, 0.3) is 0 Å².